The molecule has 6 heteroatoms. The Morgan fingerprint density at radius 1 is 1.33 bits per heavy atom. The first-order valence-electron chi connectivity index (χ1n) is 6.06. The minimum Gasteiger partial charge on any atom is -0.508 e. The van der Waals surface area contributed by atoms with Gasteiger partial charge >= 0.3 is 0 Å². The number of nitrogens with two attached hydrogens (primary N) is 1. The van der Waals surface area contributed by atoms with Crippen LogP contribution in [0.4, 0.5) is 11.4 Å². The van der Waals surface area contributed by atoms with E-state index in [-0.39, 0.29) is 23.5 Å². The molecular formula is C12H17N3O3. The van der Waals surface area contributed by atoms with Crippen molar-refractivity contribution in [1.29, 1.82) is 0 Å². The molecular weight excluding hydrogens is 234 g/mol. The van der Waals surface area contributed by atoms with E-state index in [0.717, 1.165) is 31.7 Å². The fourth-order valence-electron chi connectivity index (χ4n) is 2.28. The van der Waals surface area contributed by atoms with E-state index < -0.39 is 4.92 Å². The Kier molecular flexibility index (Phi) is 3.66. The van der Waals surface area contributed by atoms with E-state index in [1.165, 1.54) is 6.07 Å². The Balaban J connectivity index is 2.11. The van der Waals surface area contributed by atoms with E-state index in [1.807, 2.05) is 0 Å². The Bertz CT molecular complexity index is 442. The van der Waals surface area contributed by atoms with Crippen molar-refractivity contribution in [2.24, 2.45) is 5.73 Å². The molecule has 0 saturated heterocycles. The van der Waals surface area contributed by atoms with E-state index in [2.05, 4.69) is 5.32 Å². The van der Waals surface area contributed by atoms with E-state index in [9.17, 15) is 15.2 Å². The number of anilines is 1. The molecule has 1 aliphatic rings. The number of aromatic hydroxyl groups is 1. The Morgan fingerprint density at radius 3 is 2.61 bits per heavy atom. The van der Waals surface area contributed by atoms with E-state index in [0.29, 0.717) is 5.69 Å². The van der Waals surface area contributed by atoms with Crippen LogP contribution >= 0.6 is 0 Å². The standard InChI is InChI=1S/C12H17N3O3/c13-8-1-3-9(4-2-8)14-11-6-5-10(16)7-12(11)15(17)18/h5-9,14,16H,1-4,13H2. The minimum atomic E-state index is -0.489. The predicted molar refractivity (Wildman–Crippen MR) is 68.6 cm³/mol. The fourth-order valence-corrected chi connectivity index (χ4v) is 2.28. The molecule has 0 spiro atoms. The molecule has 1 fully saturated rings. The number of benzene rings is 1. The van der Waals surface area contributed by atoms with Gasteiger partial charge in [0.15, 0.2) is 0 Å². The van der Waals surface area contributed by atoms with Gasteiger partial charge in [-0.3, -0.25) is 10.1 Å². The zero-order chi connectivity index (χ0) is 13.1. The Hall–Kier alpha value is -1.82. The SMILES string of the molecule is NC1CCC(Nc2ccc(O)cc2[N+](=O)[O-])CC1. The van der Waals surface area contributed by atoms with Crippen LogP contribution in [0.5, 0.6) is 5.75 Å². The van der Waals surface area contributed by atoms with Crippen LogP contribution < -0.4 is 11.1 Å². The van der Waals surface area contributed by atoms with Crippen LogP contribution in [0.3, 0.4) is 0 Å². The van der Waals surface area contributed by atoms with Crippen LogP contribution in [0.25, 0.3) is 0 Å². The predicted octanol–water partition coefficient (Wildman–Crippen LogP) is 1.98. The monoisotopic (exact) mass is 251 g/mol. The lowest BCUT2D eigenvalue weighted by atomic mass is 9.91. The summed E-state index contributed by atoms with van der Waals surface area (Å²) in [5, 5.41) is 23.4. The number of nitro groups is 1. The average Bonchev–Trinajstić information content (AvgIpc) is 2.34. The summed E-state index contributed by atoms with van der Waals surface area (Å²) in [4.78, 5) is 10.4. The highest BCUT2D eigenvalue weighted by atomic mass is 16.6. The highest BCUT2D eigenvalue weighted by molar-refractivity contribution is 5.64. The molecule has 0 amide bonds. The zero-order valence-corrected chi connectivity index (χ0v) is 10.0. The van der Waals surface area contributed by atoms with Gasteiger partial charge in [-0.05, 0) is 37.8 Å². The van der Waals surface area contributed by atoms with Crippen LogP contribution in [-0.4, -0.2) is 22.1 Å². The second kappa shape index (κ2) is 5.22. The lowest BCUT2D eigenvalue weighted by molar-refractivity contribution is -0.384. The normalized spacial score (nSPS) is 23.6. The van der Waals surface area contributed by atoms with Crippen molar-refractivity contribution in [2.45, 2.75) is 37.8 Å². The largest absolute Gasteiger partial charge is 0.508 e. The molecule has 0 aromatic heterocycles. The molecule has 1 aromatic rings. The van der Waals surface area contributed by atoms with Gasteiger partial charge in [-0.15, -0.1) is 0 Å². The maximum atomic E-state index is 10.9. The molecule has 0 heterocycles. The lowest BCUT2D eigenvalue weighted by Crippen LogP contribution is -2.32. The smallest absolute Gasteiger partial charge is 0.296 e. The number of nitro benzene ring substituents is 1. The highest BCUT2D eigenvalue weighted by Gasteiger charge is 2.21. The van der Waals surface area contributed by atoms with Crippen molar-refractivity contribution < 1.29 is 10.0 Å². The minimum absolute atomic E-state index is 0.0927. The van der Waals surface area contributed by atoms with Gasteiger partial charge < -0.3 is 16.2 Å². The van der Waals surface area contributed by atoms with Gasteiger partial charge in [0.2, 0.25) is 0 Å². The second-order valence-corrected chi connectivity index (χ2v) is 4.71. The third-order valence-electron chi connectivity index (χ3n) is 3.31. The topological polar surface area (TPSA) is 101 Å². The Labute approximate surface area is 105 Å². The summed E-state index contributed by atoms with van der Waals surface area (Å²) in [6.45, 7) is 0. The first-order chi connectivity index (χ1) is 8.56. The van der Waals surface area contributed by atoms with Crippen molar-refractivity contribution in [1.82, 2.24) is 0 Å². The Morgan fingerprint density at radius 2 is 2.00 bits per heavy atom. The van der Waals surface area contributed by atoms with Gasteiger partial charge in [0, 0.05) is 12.1 Å². The number of phenols is 1. The quantitative estimate of drug-likeness (QED) is 0.433. The summed E-state index contributed by atoms with van der Waals surface area (Å²) >= 11 is 0. The van der Waals surface area contributed by atoms with Crippen molar-refractivity contribution in [3.63, 3.8) is 0 Å². The maximum absolute atomic E-state index is 10.9. The molecule has 0 atom stereocenters. The maximum Gasteiger partial charge on any atom is 0.296 e. The van der Waals surface area contributed by atoms with Crippen LogP contribution in [0.15, 0.2) is 18.2 Å². The average molecular weight is 251 g/mol. The van der Waals surface area contributed by atoms with Gasteiger partial charge in [0.05, 0.1) is 11.0 Å². The number of rotatable bonds is 3. The van der Waals surface area contributed by atoms with Gasteiger partial charge in [0.25, 0.3) is 5.69 Å². The van der Waals surface area contributed by atoms with E-state index in [1.54, 1.807) is 6.07 Å². The van der Waals surface area contributed by atoms with Crippen molar-refractivity contribution in [2.75, 3.05) is 5.32 Å². The van der Waals surface area contributed by atoms with Crippen molar-refractivity contribution >= 4 is 11.4 Å². The first-order valence-corrected chi connectivity index (χ1v) is 6.06. The number of phenolic OH excluding ortho intramolecular Hbond substituents is 1. The fraction of sp³-hybridized carbons (Fsp3) is 0.500. The summed E-state index contributed by atoms with van der Waals surface area (Å²) in [6.07, 6.45) is 3.70. The molecule has 98 valence electrons. The summed E-state index contributed by atoms with van der Waals surface area (Å²) in [5.41, 5.74) is 6.18. The van der Waals surface area contributed by atoms with Crippen LogP contribution in [0, 0.1) is 10.1 Å². The molecule has 4 N–H and O–H groups in total. The van der Waals surface area contributed by atoms with Gasteiger partial charge in [-0.1, -0.05) is 0 Å². The first kappa shape index (κ1) is 12.6. The number of nitrogens with zero attached hydrogens (tertiary/aromatic N) is 1. The number of nitrogens with one attached hydrogen (secondary N) is 1. The van der Waals surface area contributed by atoms with Gasteiger partial charge in [-0.25, -0.2) is 0 Å². The van der Waals surface area contributed by atoms with Crippen LogP contribution in [-0.2, 0) is 0 Å². The highest BCUT2D eigenvalue weighted by Crippen LogP contribution is 2.31. The summed E-state index contributed by atoms with van der Waals surface area (Å²) < 4.78 is 0. The number of hydrogen-bond donors (Lipinski definition) is 3. The van der Waals surface area contributed by atoms with Crippen LogP contribution in [0.1, 0.15) is 25.7 Å². The lowest BCUT2D eigenvalue weighted by Gasteiger charge is -2.27. The molecule has 1 aliphatic carbocycles. The van der Waals surface area contributed by atoms with E-state index in [4.69, 9.17) is 5.73 Å². The molecule has 2 rings (SSSR count). The summed E-state index contributed by atoms with van der Waals surface area (Å²) in [5.74, 6) is -0.0992. The molecule has 6 nitrogen and oxygen atoms in total. The van der Waals surface area contributed by atoms with E-state index >= 15 is 0 Å². The molecule has 0 aliphatic heterocycles. The molecule has 0 unspecified atom stereocenters. The third-order valence-corrected chi connectivity index (χ3v) is 3.31. The molecule has 18 heavy (non-hydrogen) atoms. The summed E-state index contributed by atoms with van der Waals surface area (Å²) in [6, 6.07) is 4.62. The third kappa shape index (κ3) is 2.89. The van der Waals surface area contributed by atoms with Crippen molar-refractivity contribution in [3.8, 4) is 5.75 Å². The molecule has 0 radical (unpaired) electrons. The second-order valence-electron chi connectivity index (χ2n) is 4.71. The molecule has 1 saturated carbocycles. The van der Waals surface area contributed by atoms with Crippen LogP contribution in [0.2, 0.25) is 0 Å². The summed E-state index contributed by atoms with van der Waals surface area (Å²) in [7, 11) is 0. The number of hydrogen-bond acceptors (Lipinski definition) is 5. The van der Waals surface area contributed by atoms with Gasteiger partial charge in [-0.2, -0.15) is 0 Å². The molecule has 1 aromatic carbocycles. The van der Waals surface area contributed by atoms with Crippen molar-refractivity contribution in [3.05, 3.63) is 28.3 Å². The molecule has 0 bridgehead atoms. The zero-order valence-electron chi connectivity index (χ0n) is 10.0. The van der Waals surface area contributed by atoms with Gasteiger partial charge in [0.1, 0.15) is 11.4 Å².